The van der Waals surface area contributed by atoms with Gasteiger partial charge in [0.2, 0.25) is 0 Å². The number of urea groups is 1. The second-order valence-electron chi connectivity index (χ2n) is 5.94. The van der Waals surface area contributed by atoms with Gasteiger partial charge in [0.1, 0.15) is 5.76 Å². The Bertz CT molecular complexity index is 783. The zero-order valence-corrected chi connectivity index (χ0v) is 14.2. The molecule has 25 heavy (non-hydrogen) atoms. The van der Waals surface area contributed by atoms with Crippen molar-refractivity contribution < 1.29 is 14.0 Å². The van der Waals surface area contributed by atoms with Gasteiger partial charge in [-0.15, -0.1) is 6.58 Å². The lowest BCUT2D eigenvalue weighted by Crippen LogP contribution is -2.31. The van der Waals surface area contributed by atoms with E-state index in [0.29, 0.717) is 37.5 Å². The van der Waals surface area contributed by atoms with Crippen LogP contribution in [0, 0.1) is 6.92 Å². The van der Waals surface area contributed by atoms with E-state index in [2.05, 4.69) is 11.9 Å². The van der Waals surface area contributed by atoms with E-state index in [1.807, 2.05) is 19.1 Å². The maximum absolute atomic E-state index is 12.9. The summed E-state index contributed by atoms with van der Waals surface area (Å²) in [7, 11) is 0. The molecule has 0 aliphatic carbocycles. The van der Waals surface area contributed by atoms with Crippen LogP contribution in [0.1, 0.15) is 21.7 Å². The fourth-order valence-corrected chi connectivity index (χ4v) is 2.88. The van der Waals surface area contributed by atoms with E-state index in [-0.39, 0.29) is 11.9 Å². The van der Waals surface area contributed by atoms with E-state index in [1.54, 1.807) is 40.3 Å². The van der Waals surface area contributed by atoms with Gasteiger partial charge in [0, 0.05) is 30.9 Å². The summed E-state index contributed by atoms with van der Waals surface area (Å²) in [5, 5.41) is 2.78. The Morgan fingerprint density at radius 3 is 2.92 bits per heavy atom. The fourth-order valence-electron chi connectivity index (χ4n) is 2.88. The molecule has 0 unspecified atom stereocenters. The molecule has 0 radical (unpaired) electrons. The molecule has 1 fully saturated rings. The summed E-state index contributed by atoms with van der Waals surface area (Å²) in [6.07, 6.45) is 3.27. The number of rotatable bonds is 6. The molecule has 6 heteroatoms. The summed E-state index contributed by atoms with van der Waals surface area (Å²) in [6.45, 7) is 7.64. The predicted molar refractivity (Wildman–Crippen MR) is 95.6 cm³/mol. The van der Waals surface area contributed by atoms with Gasteiger partial charge in [-0.2, -0.15) is 0 Å². The minimum atomic E-state index is -0.133. The van der Waals surface area contributed by atoms with Crippen molar-refractivity contribution in [2.75, 3.05) is 24.5 Å². The number of hydrogen-bond acceptors (Lipinski definition) is 3. The maximum Gasteiger partial charge on any atom is 0.322 e. The SMILES string of the molecule is C=CCN(Cc1ccco1)C(=O)c1ccc(C)c(N2CCNC2=O)c1. The van der Waals surface area contributed by atoms with Gasteiger partial charge in [0.05, 0.1) is 12.8 Å². The van der Waals surface area contributed by atoms with Gasteiger partial charge >= 0.3 is 6.03 Å². The van der Waals surface area contributed by atoms with Crippen molar-refractivity contribution in [2.24, 2.45) is 0 Å². The summed E-state index contributed by atoms with van der Waals surface area (Å²) in [4.78, 5) is 28.2. The Morgan fingerprint density at radius 2 is 2.28 bits per heavy atom. The third-order valence-electron chi connectivity index (χ3n) is 4.17. The van der Waals surface area contributed by atoms with Crippen molar-refractivity contribution in [1.82, 2.24) is 10.2 Å². The molecule has 1 N–H and O–H groups in total. The van der Waals surface area contributed by atoms with Gasteiger partial charge in [0.25, 0.3) is 5.91 Å². The van der Waals surface area contributed by atoms with Crippen LogP contribution in [-0.4, -0.2) is 36.5 Å². The summed E-state index contributed by atoms with van der Waals surface area (Å²) in [5.74, 6) is 0.582. The standard InChI is InChI=1S/C19H21N3O3/c1-3-9-21(13-16-5-4-11-25-16)18(23)15-7-6-14(2)17(12-15)22-10-8-20-19(22)24/h3-7,11-12H,1,8-10,13H2,2H3,(H,20,24). The topological polar surface area (TPSA) is 65.8 Å². The molecule has 2 aromatic rings. The third kappa shape index (κ3) is 3.57. The van der Waals surface area contributed by atoms with Gasteiger partial charge < -0.3 is 14.6 Å². The van der Waals surface area contributed by atoms with Crippen molar-refractivity contribution in [1.29, 1.82) is 0 Å². The largest absolute Gasteiger partial charge is 0.467 e. The molecular formula is C19H21N3O3. The van der Waals surface area contributed by atoms with E-state index < -0.39 is 0 Å². The second kappa shape index (κ2) is 7.25. The molecule has 1 aliphatic rings. The molecule has 0 bridgehead atoms. The Morgan fingerprint density at radius 1 is 1.44 bits per heavy atom. The first kappa shape index (κ1) is 16.8. The number of benzene rings is 1. The average molecular weight is 339 g/mol. The monoisotopic (exact) mass is 339 g/mol. The third-order valence-corrected chi connectivity index (χ3v) is 4.17. The van der Waals surface area contributed by atoms with Gasteiger partial charge in [-0.1, -0.05) is 12.1 Å². The van der Waals surface area contributed by atoms with E-state index in [0.717, 1.165) is 11.3 Å². The zero-order valence-electron chi connectivity index (χ0n) is 14.2. The number of aryl methyl sites for hydroxylation is 1. The van der Waals surface area contributed by atoms with E-state index >= 15 is 0 Å². The molecule has 3 amide bonds. The molecule has 0 atom stereocenters. The number of nitrogens with one attached hydrogen (secondary N) is 1. The molecule has 1 aliphatic heterocycles. The normalized spacial score (nSPS) is 13.6. The highest BCUT2D eigenvalue weighted by molar-refractivity contribution is 5.99. The Labute approximate surface area is 146 Å². The minimum absolute atomic E-state index is 0.128. The second-order valence-corrected chi connectivity index (χ2v) is 5.94. The number of carbonyl (C=O) groups excluding carboxylic acids is 2. The van der Waals surface area contributed by atoms with Crippen LogP contribution in [-0.2, 0) is 6.54 Å². The molecule has 6 nitrogen and oxygen atoms in total. The molecule has 1 aromatic heterocycles. The number of hydrogen-bond donors (Lipinski definition) is 1. The summed E-state index contributed by atoms with van der Waals surface area (Å²) in [6, 6.07) is 8.92. The molecule has 0 saturated carbocycles. The highest BCUT2D eigenvalue weighted by Crippen LogP contribution is 2.24. The minimum Gasteiger partial charge on any atom is -0.467 e. The predicted octanol–water partition coefficient (Wildman–Crippen LogP) is 2.95. The van der Waals surface area contributed by atoms with Crippen molar-refractivity contribution >= 4 is 17.6 Å². The first-order valence-corrected chi connectivity index (χ1v) is 8.18. The first-order chi connectivity index (χ1) is 12.1. The van der Waals surface area contributed by atoms with Gasteiger partial charge in [-0.3, -0.25) is 9.69 Å². The van der Waals surface area contributed by atoms with Crippen LogP contribution in [0.15, 0.2) is 53.7 Å². The lowest BCUT2D eigenvalue weighted by Gasteiger charge is -2.22. The van der Waals surface area contributed by atoms with Crippen LogP contribution in [0.25, 0.3) is 0 Å². The Balaban J connectivity index is 1.87. The average Bonchev–Trinajstić information content (AvgIpc) is 3.26. The summed E-state index contributed by atoms with van der Waals surface area (Å²) < 4.78 is 5.35. The molecule has 1 saturated heterocycles. The van der Waals surface area contributed by atoms with Gasteiger partial charge in [-0.05, 0) is 36.8 Å². The van der Waals surface area contributed by atoms with Crippen LogP contribution in [0.5, 0.6) is 0 Å². The molecule has 130 valence electrons. The van der Waals surface area contributed by atoms with Crippen molar-refractivity contribution in [2.45, 2.75) is 13.5 Å². The van der Waals surface area contributed by atoms with E-state index in [1.165, 1.54) is 0 Å². The highest BCUT2D eigenvalue weighted by Gasteiger charge is 2.24. The summed E-state index contributed by atoms with van der Waals surface area (Å²) >= 11 is 0. The van der Waals surface area contributed by atoms with E-state index in [4.69, 9.17) is 4.42 Å². The van der Waals surface area contributed by atoms with Crippen LogP contribution in [0.3, 0.4) is 0 Å². The van der Waals surface area contributed by atoms with Crippen molar-refractivity contribution in [3.05, 3.63) is 66.1 Å². The maximum atomic E-state index is 12.9. The number of anilines is 1. The molecule has 3 rings (SSSR count). The zero-order chi connectivity index (χ0) is 17.8. The van der Waals surface area contributed by atoms with Crippen LogP contribution in [0.2, 0.25) is 0 Å². The smallest absolute Gasteiger partial charge is 0.322 e. The number of furan rings is 1. The lowest BCUT2D eigenvalue weighted by atomic mass is 10.1. The van der Waals surface area contributed by atoms with Gasteiger partial charge in [-0.25, -0.2) is 4.79 Å². The van der Waals surface area contributed by atoms with Crippen molar-refractivity contribution in [3.63, 3.8) is 0 Å². The highest BCUT2D eigenvalue weighted by atomic mass is 16.3. The van der Waals surface area contributed by atoms with Crippen LogP contribution in [0.4, 0.5) is 10.5 Å². The first-order valence-electron chi connectivity index (χ1n) is 8.18. The van der Waals surface area contributed by atoms with Crippen molar-refractivity contribution in [3.8, 4) is 0 Å². The summed E-state index contributed by atoms with van der Waals surface area (Å²) in [5.41, 5.74) is 2.25. The Kier molecular flexibility index (Phi) is 4.88. The lowest BCUT2D eigenvalue weighted by molar-refractivity contribution is 0.0752. The van der Waals surface area contributed by atoms with Crippen LogP contribution >= 0.6 is 0 Å². The van der Waals surface area contributed by atoms with E-state index in [9.17, 15) is 9.59 Å². The number of carbonyl (C=O) groups is 2. The van der Waals surface area contributed by atoms with Gasteiger partial charge in [0.15, 0.2) is 0 Å². The Hall–Kier alpha value is -3.02. The molecule has 0 spiro atoms. The molecule has 2 heterocycles. The quantitative estimate of drug-likeness (QED) is 0.823. The molecular weight excluding hydrogens is 318 g/mol. The van der Waals surface area contributed by atoms with Crippen LogP contribution < -0.4 is 10.2 Å². The number of amides is 3. The molecule has 1 aromatic carbocycles. The fraction of sp³-hybridized carbons (Fsp3) is 0.263. The number of nitrogens with zero attached hydrogens (tertiary/aromatic N) is 2.